The first-order valence-corrected chi connectivity index (χ1v) is 10.7. The number of benzene rings is 2. The van der Waals surface area contributed by atoms with Crippen LogP contribution in [0.2, 0.25) is 0 Å². The Bertz CT molecular complexity index is 1190. The summed E-state index contributed by atoms with van der Waals surface area (Å²) >= 11 is 0. The van der Waals surface area contributed by atoms with E-state index in [1.54, 1.807) is 48.0 Å². The number of carbonyl (C=O) groups excluding carboxylic acids is 1. The molecule has 0 saturated carbocycles. The molecule has 0 bridgehead atoms. The number of carbonyl (C=O) groups is 1. The highest BCUT2D eigenvalue weighted by atomic mass is 32.2. The van der Waals surface area contributed by atoms with Crippen LogP contribution in [0.3, 0.4) is 0 Å². The van der Waals surface area contributed by atoms with Gasteiger partial charge in [0.05, 0.1) is 22.6 Å². The zero-order valence-electron chi connectivity index (χ0n) is 15.4. The van der Waals surface area contributed by atoms with E-state index >= 15 is 0 Å². The molecular formula is C20H18F2N2O4S. The van der Waals surface area contributed by atoms with Gasteiger partial charge in [0.15, 0.2) is 9.84 Å². The number of ether oxygens (including phenoxy) is 1. The fourth-order valence-electron chi connectivity index (χ4n) is 3.67. The Morgan fingerprint density at radius 3 is 2.62 bits per heavy atom. The molecule has 29 heavy (non-hydrogen) atoms. The highest BCUT2D eigenvalue weighted by Crippen LogP contribution is 2.26. The average Bonchev–Trinajstić information content (AvgIpc) is 3.02. The standard InChI is InChI=1S/C20H18F2N2O4S/c1-20(11-29(26,27)12-20)23-18(25)14-5-6-17-13(9-14)7-8-24(17)15-3-2-4-16(10-15)28-19(21)22/h2-10,19H,11-12H2,1H3,(H,23,25). The molecule has 1 aliphatic rings. The van der Waals surface area contributed by atoms with Crippen LogP contribution in [0.5, 0.6) is 5.75 Å². The predicted octanol–water partition coefficient (Wildman–Crippen LogP) is 3.15. The topological polar surface area (TPSA) is 77.4 Å². The number of fused-ring (bicyclic) bond motifs is 1. The van der Waals surface area contributed by atoms with Gasteiger partial charge in [-0.15, -0.1) is 0 Å². The molecule has 0 radical (unpaired) electrons. The van der Waals surface area contributed by atoms with Gasteiger partial charge in [0.1, 0.15) is 5.75 Å². The molecule has 0 spiro atoms. The van der Waals surface area contributed by atoms with Gasteiger partial charge in [-0.1, -0.05) is 6.07 Å². The molecule has 1 N–H and O–H groups in total. The predicted molar refractivity (Wildman–Crippen MR) is 104 cm³/mol. The second kappa shape index (κ2) is 6.84. The first kappa shape index (κ1) is 19.4. The molecule has 3 aromatic rings. The summed E-state index contributed by atoms with van der Waals surface area (Å²) in [7, 11) is -3.07. The van der Waals surface area contributed by atoms with Crippen LogP contribution in [0.1, 0.15) is 17.3 Å². The largest absolute Gasteiger partial charge is 0.435 e. The van der Waals surface area contributed by atoms with Crippen molar-refractivity contribution in [2.75, 3.05) is 11.5 Å². The number of aromatic nitrogens is 1. The lowest BCUT2D eigenvalue weighted by molar-refractivity contribution is -0.0498. The number of nitrogens with one attached hydrogen (secondary N) is 1. The van der Waals surface area contributed by atoms with E-state index in [1.165, 1.54) is 12.1 Å². The number of nitrogens with zero attached hydrogens (tertiary/aromatic N) is 1. The third kappa shape index (κ3) is 3.95. The van der Waals surface area contributed by atoms with E-state index < -0.39 is 22.0 Å². The number of rotatable bonds is 5. The molecule has 6 nitrogen and oxygen atoms in total. The van der Waals surface area contributed by atoms with E-state index in [9.17, 15) is 22.0 Å². The third-order valence-corrected chi connectivity index (χ3v) is 6.92. The Labute approximate surface area is 166 Å². The molecular weight excluding hydrogens is 402 g/mol. The van der Waals surface area contributed by atoms with Gasteiger partial charge >= 0.3 is 6.61 Å². The highest BCUT2D eigenvalue weighted by molar-refractivity contribution is 7.93. The zero-order valence-corrected chi connectivity index (χ0v) is 16.2. The van der Waals surface area contributed by atoms with Crippen LogP contribution >= 0.6 is 0 Å². The monoisotopic (exact) mass is 420 g/mol. The average molecular weight is 420 g/mol. The van der Waals surface area contributed by atoms with Crippen LogP contribution in [0.25, 0.3) is 16.6 Å². The van der Waals surface area contributed by atoms with Gasteiger partial charge in [-0.2, -0.15) is 8.78 Å². The summed E-state index contributed by atoms with van der Waals surface area (Å²) in [4.78, 5) is 12.5. The van der Waals surface area contributed by atoms with E-state index in [0.717, 1.165) is 10.9 Å². The van der Waals surface area contributed by atoms with Crippen molar-refractivity contribution in [2.45, 2.75) is 19.1 Å². The van der Waals surface area contributed by atoms with E-state index in [4.69, 9.17) is 0 Å². The first-order chi connectivity index (χ1) is 13.6. The highest BCUT2D eigenvalue weighted by Gasteiger charge is 2.45. The van der Waals surface area contributed by atoms with E-state index in [1.807, 2.05) is 6.07 Å². The summed E-state index contributed by atoms with van der Waals surface area (Å²) < 4.78 is 54.0. The maximum Gasteiger partial charge on any atom is 0.387 e. The van der Waals surface area contributed by atoms with Gasteiger partial charge in [-0.3, -0.25) is 4.79 Å². The van der Waals surface area contributed by atoms with Crippen molar-refractivity contribution in [3.05, 3.63) is 60.3 Å². The van der Waals surface area contributed by atoms with Crippen molar-refractivity contribution in [3.63, 3.8) is 0 Å². The number of hydrogen-bond donors (Lipinski definition) is 1. The van der Waals surface area contributed by atoms with Crippen LogP contribution in [0, 0.1) is 0 Å². The van der Waals surface area contributed by atoms with Crippen molar-refractivity contribution in [1.82, 2.24) is 9.88 Å². The summed E-state index contributed by atoms with van der Waals surface area (Å²) in [6.07, 6.45) is 1.77. The molecule has 1 saturated heterocycles. The summed E-state index contributed by atoms with van der Waals surface area (Å²) in [5, 5.41) is 3.56. The number of amides is 1. The molecule has 1 aromatic heterocycles. The van der Waals surface area contributed by atoms with Gasteiger partial charge < -0.3 is 14.6 Å². The molecule has 4 rings (SSSR count). The molecule has 0 atom stereocenters. The van der Waals surface area contributed by atoms with Crippen molar-refractivity contribution in [2.24, 2.45) is 0 Å². The fourth-order valence-corrected chi connectivity index (χ4v) is 5.67. The molecule has 2 heterocycles. The maximum absolute atomic E-state index is 12.5. The van der Waals surface area contributed by atoms with E-state index in [0.29, 0.717) is 11.3 Å². The summed E-state index contributed by atoms with van der Waals surface area (Å²) in [6.45, 7) is -1.20. The Morgan fingerprint density at radius 1 is 1.17 bits per heavy atom. The minimum atomic E-state index is -3.07. The van der Waals surface area contributed by atoms with Crippen LogP contribution in [0.4, 0.5) is 8.78 Å². The number of halogens is 2. The Kier molecular flexibility index (Phi) is 4.57. The molecule has 1 aliphatic heterocycles. The van der Waals surface area contributed by atoms with Gasteiger partial charge in [-0.25, -0.2) is 8.42 Å². The van der Waals surface area contributed by atoms with Crippen molar-refractivity contribution < 1.29 is 26.7 Å². The lowest BCUT2D eigenvalue weighted by atomic mass is 10.1. The van der Waals surface area contributed by atoms with Gasteiger partial charge in [-0.05, 0) is 43.3 Å². The lowest BCUT2D eigenvalue weighted by Gasteiger charge is -2.38. The molecule has 9 heteroatoms. The van der Waals surface area contributed by atoms with Crippen LogP contribution < -0.4 is 10.1 Å². The summed E-state index contributed by atoms with van der Waals surface area (Å²) in [5.74, 6) is -0.425. The smallest absolute Gasteiger partial charge is 0.387 e. The molecule has 0 aliphatic carbocycles. The van der Waals surface area contributed by atoms with E-state index in [2.05, 4.69) is 10.1 Å². The zero-order chi connectivity index (χ0) is 20.8. The molecule has 1 amide bonds. The summed E-state index contributed by atoms with van der Waals surface area (Å²) in [6, 6.07) is 13.2. The third-order valence-electron chi connectivity index (χ3n) is 4.77. The Hall–Kier alpha value is -2.94. The van der Waals surface area contributed by atoms with Crippen LogP contribution in [-0.2, 0) is 9.84 Å². The normalized spacial score (nSPS) is 17.1. The molecule has 0 unspecified atom stereocenters. The Balaban J connectivity index is 1.59. The minimum absolute atomic E-state index is 0.0547. The Morgan fingerprint density at radius 2 is 1.93 bits per heavy atom. The molecule has 1 fully saturated rings. The van der Waals surface area contributed by atoms with Crippen molar-refractivity contribution in [1.29, 1.82) is 0 Å². The minimum Gasteiger partial charge on any atom is -0.435 e. The molecule has 2 aromatic carbocycles. The summed E-state index contributed by atoms with van der Waals surface area (Å²) in [5.41, 5.74) is 1.09. The van der Waals surface area contributed by atoms with Gasteiger partial charge in [0.2, 0.25) is 0 Å². The van der Waals surface area contributed by atoms with Crippen LogP contribution in [0.15, 0.2) is 54.7 Å². The second-order valence-corrected chi connectivity index (χ2v) is 9.45. The SMILES string of the molecule is CC1(NC(=O)c2ccc3c(ccn3-c3cccc(OC(F)F)c3)c2)CS(=O)(=O)C1. The van der Waals surface area contributed by atoms with E-state index in [-0.39, 0.29) is 23.2 Å². The fraction of sp³-hybridized carbons (Fsp3) is 0.250. The quantitative estimate of drug-likeness (QED) is 0.688. The van der Waals surface area contributed by atoms with Crippen molar-refractivity contribution in [3.8, 4) is 11.4 Å². The molecule has 152 valence electrons. The lowest BCUT2D eigenvalue weighted by Crippen LogP contribution is -2.63. The second-order valence-electron chi connectivity index (χ2n) is 7.38. The van der Waals surface area contributed by atoms with Gasteiger partial charge in [0, 0.05) is 28.9 Å². The van der Waals surface area contributed by atoms with Crippen molar-refractivity contribution >= 4 is 26.6 Å². The number of hydrogen-bond acceptors (Lipinski definition) is 4. The van der Waals surface area contributed by atoms with Gasteiger partial charge in [0.25, 0.3) is 5.91 Å². The maximum atomic E-state index is 12.5. The number of sulfone groups is 1. The van der Waals surface area contributed by atoms with Crippen LogP contribution in [-0.4, -0.2) is 42.5 Å². The first-order valence-electron chi connectivity index (χ1n) is 8.83. The number of alkyl halides is 2.